The van der Waals surface area contributed by atoms with Crippen LogP contribution in [0.1, 0.15) is 45.8 Å². The minimum atomic E-state index is -0.372. The van der Waals surface area contributed by atoms with Gasteiger partial charge in [0.1, 0.15) is 0 Å². The van der Waals surface area contributed by atoms with E-state index in [2.05, 4.69) is 5.32 Å². The summed E-state index contributed by atoms with van der Waals surface area (Å²) in [6.45, 7) is 0. The second-order valence-corrected chi connectivity index (χ2v) is 7.54. The van der Waals surface area contributed by atoms with Gasteiger partial charge in [-0.2, -0.15) is 11.8 Å². The Morgan fingerprint density at radius 2 is 2.21 bits per heavy atom. The SMILES string of the molecule is O=C(N[C@H]1CCCC[C@@H]1O)c1cc2c(s1)CCSC2. The Balaban J connectivity index is 1.68. The largest absolute Gasteiger partial charge is 0.391 e. The van der Waals surface area contributed by atoms with Crippen molar-refractivity contribution >= 4 is 29.0 Å². The van der Waals surface area contributed by atoms with E-state index in [9.17, 15) is 9.90 Å². The fourth-order valence-corrected chi connectivity index (χ4v) is 5.05. The summed E-state index contributed by atoms with van der Waals surface area (Å²) in [6, 6.07) is 1.98. The number of hydrogen-bond donors (Lipinski definition) is 2. The molecule has 19 heavy (non-hydrogen) atoms. The number of aliphatic hydroxyl groups excluding tert-OH is 1. The fourth-order valence-electron chi connectivity index (χ4n) is 2.78. The average molecular weight is 297 g/mol. The number of amides is 1. The minimum Gasteiger partial charge on any atom is -0.391 e. The van der Waals surface area contributed by atoms with Crippen LogP contribution in [0.5, 0.6) is 0 Å². The van der Waals surface area contributed by atoms with E-state index in [1.54, 1.807) is 11.3 Å². The van der Waals surface area contributed by atoms with Gasteiger partial charge in [0.15, 0.2) is 0 Å². The predicted octanol–water partition coefficient (Wildman–Crippen LogP) is 2.57. The van der Waals surface area contributed by atoms with E-state index in [0.29, 0.717) is 0 Å². The first-order valence-electron chi connectivity index (χ1n) is 6.92. The molecule has 1 aromatic heterocycles. The number of rotatable bonds is 2. The summed E-state index contributed by atoms with van der Waals surface area (Å²) >= 11 is 3.56. The third-order valence-corrected chi connectivity index (χ3v) is 6.14. The third-order valence-electron chi connectivity index (χ3n) is 3.90. The van der Waals surface area contributed by atoms with Crippen molar-refractivity contribution < 1.29 is 9.90 Å². The summed E-state index contributed by atoms with van der Waals surface area (Å²) < 4.78 is 0. The molecular formula is C14H19NO2S2. The number of fused-ring (bicyclic) bond motifs is 1. The van der Waals surface area contributed by atoms with Gasteiger partial charge in [0.05, 0.1) is 17.0 Å². The lowest BCUT2D eigenvalue weighted by atomic mass is 9.92. The molecule has 104 valence electrons. The summed E-state index contributed by atoms with van der Waals surface area (Å²) in [6.07, 6.45) is 4.58. The molecule has 1 amide bonds. The highest BCUT2D eigenvalue weighted by atomic mass is 32.2. The maximum Gasteiger partial charge on any atom is 0.261 e. The molecule has 5 heteroatoms. The van der Waals surface area contributed by atoms with Gasteiger partial charge in [-0.15, -0.1) is 11.3 Å². The van der Waals surface area contributed by atoms with Crippen LogP contribution in [0.15, 0.2) is 6.07 Å². The van der Waals surface area contributed by atoms with E-state index >= 15 is 0 Å². The van der Waals surface area contributed by atoms with Gasteiger partial charge in [-0.3, -0.25) is 4.79 Å². The van der Waals surface area contributed by atoms with Gasteiger partial charge in [-0.1, -0.05) is 12.8 Å². The Kier molecular flexibility index (Phi) is 4.15. The molecule has 3 rings (SSSR count). The molecule has 2 heterocycles. The first kappa shape index (κ1) is 13.5. The smallest absolute Gasteiger partial charge is 0.261 e. The van der Waals surface area contributed by atoms with E-state index < -0.39 is 0 Å². The van der Waals surface area contributed by atoms with Crippen LogP contribution >= 0.6 is 23.1 Å². The highest BCUT2D eigenvalue weighted by Crippen LogP contribution is 2.31. The van der Waals surface area contributed by atoms with E-state index in [0.717, 1.165) is 48.5 Å². The summed E-state index contributed by atoms with van der Waals surface area (Å²) in [5.41, 5.74) is 1.33. The van der Waals surface area contributed by atoms with Crippen LogP contribution in [0.2, 0.25) is 0 Å². The van der Waals surface area contributed by atoms with Crippen LogP contribution in [0.25, 0.3) is 0 Å². The summed E-state index contributed by atoms with van der Waals surface area (Å²) in [5.74, 6) is 2.19. The number of carbonyl (C=O) groups excluding carboxylic acids is 1. The topological polar surface area (TPSA) is 49.3 Å². The van der Waals surface area contributed by atoms with Crippen LogP contribution in [0.3, 0.4) is 0 Å². The van der Waals surface area contributed by atoms with Gasteiger partial charge in [0.25, 0.3) is 5.91 Å². The first-order chi connectivity index (χ1) is 9.24. The number of thiophene rings is 1. The molecule has 1 aliphatic heterocycles. The first-order valence-corrected chi connectivity index (χ1v) is 8.89. The Bertz CT molecular complexity index is 449. The zero-order valence-corrected chi connectivity index (χ0v) is 12.5. The van der Waals surface area contributed by atoms with E-state index in [4.69, 9.17) is 0 Å². The van der Waals surface area contributed by atoms with E-state index in [-0.39, 0.29) is 18.1 Å². The Hall–Kier alpha value is -0.520. The van der Waals surface area contributed by atoms with Gasteiger partial charge in [-0.05, 0) is 36.6 Å². The molecule has 0 bridgehead atoms. The second kappa shape index (κ2) is 5.85. The molecule has 0 spiro atoms. The Morgan fingerprint density at radius 1 is 1.37 bits per heavy atom. The lowest BCUT2D eigenvalue weighted by Crippen LogP contribution is -2.44. The van der Waals surface area contributed by atoms with Crippen molar-refractivity contribution in [2.75, 3.05) is 5.75 Å². The highest BCUT2D eigenvalue weighted by molar-refractivity contribution is 7.98. The quantitative estimate of drug-likeness (QED) is 0.882. The molecule has 2 atom stereocenters. The van der Waals surface area contributed by atoms with Gasteiger partial charge < -0.3 is 10.4 Å². The molecule has 1 aliphatic carbocycles. The summed E-state index contributed by atoms with van der Waals surface area (Å²) in [5, 5.41) is 12.9. The number of aliphatic hydroxyl groups is 1. The van der Waals surface area contributed by atoms with Crippen molar-refractivity contribution in [1.82, 2.24) is 5.32 Å². The third kappa shape index (κ3) is 2.98. The number of nitrogens with one attached hydrogen (secondary N) is 1. The molecule has 0 radical (unpaired) electrons. The van der Waals surface area contributed by atoms with Gasteiger partial charge in [0.2, 0.25) is 0 Å². The van der Waals surface area contributed by atoms with Crippen molar-refractivity contribution in [2.45, 2.75) is 50.0 Å². The van der Waals surface area contributed by atoms with Gasteiger partial charge in [-0.25, -0.2) is 0 Å². The van der Waals surface area contributed by atoms with E-state index in [1.807, 2.05) is 17.8 Å². The maximum absolute atomic E-state index is 12.3. The number of aryl methyl sites for hydroxylation is 1. The maximum atomic E-state index is 12.3. The van der Waals surface area contributed by atoms with E-state index in [1.165, 1.54) is 10.4 Å². The Morgan fingerprint density at radius 3 is 3.00 bits per heavy atom. The lowest BCUT2D eigenvalue weighted by molar-refractivity contribution is 0.0720. The number of carbonyl (C=O) groups is 1. The number of hydrogen-bond acceptors (Lipinski definition) is 4. The highest BCUT2D eigenvalue weighted by Gasteiger charge is 2.26. The molecule has 3 nitrogen and oxygen atoms in total. The van der Waals surface area contributed by atoms with Gasteiger partial charge >= 0.3 is 0 Å². The normalized spacial score (nSPS) is 26.8. The standard InChI is InChI=1S/C14H19NO2S2/c16-11-4-2-1-3-10(11)15-14(17)13-7-9-8-18-6-5-12(9)19-13/h7,10-11,16H,1-6,8H2,(H,15,17)/t10-,11-/m0/s1. The molecule has 2 N–H and O–H groups in total. The monoisotopic (exact) mass is 297 g/mol. The predicted molar refractivity (Wildman–Crippen MR) is 79.9 cm³/mol. The van der Waals surface area contributed by atoms with Crippen molar-refractivity contribution in [1.29, 1.82) is 0 Å². The molecule has 0 aromatic carbocycles. The Labute approximate surface area is 121 Å². The van der Waals surface area contributed by atoms with Gasteiger partial charge in [0, 0.05) is 10.6 Å². The lowest BCUT2D eigenvalue weighted by Gasteiger charge is -2.28. The van der Waals surface area contributed by atoms with Crippen molar-refractivity contribution in [3.05, 3.63) is 21.4 Å². The average Bonchev–Trinajstić information content (AvgIpc) is 2.85. The van der Waals surface area contributed by atoms with Crippen LogP contribution in [0.4, 0.5) is 0 Å². The zero-order chi connectivity index (χ0) is 13.2. The van der Waals surface area contributed by atoms with Crippen molar-refractivity contribution in [3.8, 4) is 0 Å². The molecule has 1 saturated carbocycles. The molecule has 1 aromatic rings. The minimum absolute atomic E-state index is 0.00431. The molecule has 0 saturated heterocycles. The van der Waals surface area contributed by atoms with Crippen LogP contribution in [-0.4, -0.2) is 28.9 Å². The number of thioether (sulfide) groups is 1. The van der Waals surface area contributed by atoms with Crippen LogP contribution < -0.4 is 5.32 Å². The molecular weight excluding hydrogens is 278 g/mol. The van der Waals surface area contributed by atoms with Crippen LogP contribution in [0, 0.1) is 0 Å². The molecule has 2 aliphatic rings. The molecule has 1 fully saturated rings. The fraction of sp³-hybridized carbons (Fsp3) is 0.643. The zero-order valence-electron chi connectivity index (χ0n) is 10.9. The van der Waals surface area contributed by atoms with Crippen molar-refractivity contribution in [3.63, 3.8) is 0 Å². The summed E-state index contributed by atoms with van der Waals surface area (Å²) in [4.78, 5) is 14.4. The molecule has 0 unspecified atom stereocenters. The second-order valence-electron chi connectivity index (χ2n) is 5.29. The summed E-state index contributed by atoms with van der Waals surface area (Å²) in [7, 11) is 0. The van der Waals surface area contributed by atoms with Crippen molar-refractivity contribution in [2.24, 2.45) is 0 Å². The van der Waals surface area contributed by atoms with Crippen LogP contribution in [-0.2, 0) is 12.2 Å².